The first-order chi connectivity index (χ1) is 21.9. The summed E-state index contributed by atoms with van der Waals surface area (Å²) >= 11 is 0. The Morgan fingerprint density at radius 3 is 1.29 bits per heavy atom. The van der Waals surface area contributed by atoms with Crippen LogP contribution in [0.5, 0.6) is 0 Å². The third kappa shape index (κ3) is 7.60. The summed E-state index contributed by atoms with van der Waals surface area (Å²) in [5.74, 6) is -3.17. The lowest BCUT2D eigenvalue weighted by Crippen LogP contribution is -2.62. The van der Waals surface area contributed by atoms with Crippen molar-refractivity contribution in [3.05, 3.63) is 144 Å². The first-order valence-corrected chi connectivity index (χ1v) is 14.0. The fourth-order valence-corrected chi connectivity index (χ4v) is 4.67. The number of carbonyl (C=O) groups excluding carboxylic acids is 4. The first-order valence-electron chi connectivity index (χ1n) is 14.0. The second kappa shape index (κ2) is 14.6. The summed E-state index contributed by atoms with van der Waals surface area (Å²) < 4.78 is 28.9. The molecule has 1 aliphatic rings. The Morgan fingerprint density at radius 1 is 0.533 bits per heavy atom. The zero-order valence-electron chi connectivity index (χ0n) is 23.8. The van der Waals surface area contributed by atoms with Crippen LogP contribution in [0.4, 0.5) is 0 Å². The van der Waals surface area contributed by atoms with Crippen molar-refractivity contribution >= 4 is 23.9 Å². The van der Waals surface area contributed by atoms with Gasteiger partial charge < -0.3 is 23.7 Å². The summed E-state index contributed by atoms with van der Waals surface area (Å²) in [6, 6.07) is 34.1. The molecule has 1 saturated heterocycles. The van der Waals surface area contributed by atoms with Crippen LogP contribution >= 0.6 is 0 Å². The van der Waals surface area contributed by atoms with Crippen molar-refractivity contribution in [3.8, 4) is 6.07 Å². The maximum absolute atomic E-state index is 13.4. The summed E-state index contributed by atoms with van der Waals surface area (Å²) in [4.78, 5) is 52.6. The summed E-state index contributed by atoms with van der Waals surface area (Å²) in [6.07, 6.45) is -7.36. The number of rotatable bonds is 9. The molecular formula is C35H27NO9. The van der Waals surface area contributed by atoms with Gasteiger partial charge in [0, 0.05) is 0 Å². The number of nitrogens with zero attached hydrogens (tertiary/aromatic N) is 1. The number of nitriles is 1. The largest absolute Gasteiger partial charge is 0.459 e. The Morgan fingerprint density at radius 2 is 0.889 bits per heavy atom. The number of benzene rings is 4. The van der Waals surface area contributed by atoms with E-state index in [2.05, 4.69) is 0 Å². The van der Waals surface area contributed by atoms with Gasteiger partial charge >= 0.3 is 23.9 Å². The second-order valence-electron chi connectivity index (χ2n) is 9.90. The molecule has 1 heterocycles. The smallest absolute Gasteiger partial charge is 0.338 e. The van der Waals surface area contributed by atoms with Crippen LogP contribution in [0.25, 0.3) is 0 Å². The molecule has 0 bridgehead atoms. The number of hydrogen-bond acceptors (Lipinski definition) is 10. The van der Waals surface area contributed by atoms with E-state index in [1.165, 1.54) is 36.4 Å². The van der Waals surface area contributed by atoms with E-state index < -0.39 is 61.0 Å². The lowest BCUT2D eigenvalue weighted by atomic mass is 9.94. The summed E-state index contributed by atoms with van der Waals surface area (Å²) in [7, 11) is 0. The van der Waals surface area contributed by atoms with E-state index in [0.717, 1.165) is 0 Å². The van der Waals surface area contributed by atoms with Crippen molar-refractivity contribution < 1.29 is 42.9 Å². The molecule has 0 N–H and O–H groups in total. The molecule has 10 heteroatoms. The number of esters is 4. The molecule has 5 rings (SSSR count). The van der Waals surface area contributed by atoms with E-state index in [1.54, 1.807) is 84.9 Å². The molecule has 0 aromatic heterocycles. The standard InChI is InChI=1S/C35H27NO9/c36-21-27-29(43-33(38)24-15-7-2-8-16-24)31(45-35(40)26-19-11-4-12-20-26)30(44-34(39)25-17-9-3-10-18-25)28(42-27)22-41-32(37)23-13-5-1-6-14-23/h1-20,27-31H,22H2/t27-,28?,29?,30-,31-/m0/s1. The van der Waals surface area contributed by atoms with Crippen molar-refractivity contribution in [1.29, 1.82) is 5.26 Å². The van der Waals surface area contributed by atoms with Crippen LogP contribution < -0.4 is 0 Å². The van der Waals surface area contributed by atoms with Gasteiger partial charge in [0.15, 0.2) is 24.4 Å². The van der Waals surface area contributed by atoms with Gasteiger partial charge in [-0.05, 0) is 48.5 Å². The minimum atomic E-state index is -1.54. The van der Waals surface area contributed by atoms with Gasteiger partial charge in [0.25, 0.3) is 0 Å². The van der Waals surface area contributed by atoms with Crippen molar-refractivity contribution in [3.63, 3.8) is 0 Å². The third-order valence-electron chi connectivity index (χ3n) is 6.91. The maximum atomic E-state index is 13.4. The monoisotopic (exact) mass is 605 g/mol. The van der Waals surface area contributed by atoms with Gasteiger partial charge in [-0.25, -0.2) is 19.2 Å². The Hall–Kier alpha value is -5.79. The lowest BCUT2D eigenvalue weighted by Gasteiger charge is -2.42. The number of ether oxygens (including phenoxy) is 5. The normalized spacial score (nSPS) is 20.6. The number of carbonyl (C=O) groups is 4. The van der Waals surface area contributed by atoms with Crippen LogP contribution in [0, 0.1) is 11.3 Å². The fourth-order valence-electron chi connectivity index (χ4n) is 4.67. The third-order valence-corrected chi connectivity index (χ3v) is 6.91. The van der Waals surface area contributed by atoms with E-state index in [4.69, 9.17) is 23.7 Å². The average Bonchev–Trinajstić information content (AvgIpc) is 3.10. The SMILES string of the molecule is N#C[C@@H]1OC(COC(=O)c2ccccc2)[C@H](OC(=O)c2ccccc2)[C@@H](OC(=O)c2ccccc2)C1OC(=O)c1ccccc1. The molecule has 10 nitrogen and oxygen atoms in total. The van der Waals surface area contributed by atoms with Crippen molar-refractivity contribution in [2.45, 2.75) is 30.5 Å². The Labute approximate surface area is 258 Å². The molecule has 1 aliphatic heterocycles. The van der Waals surface area contributed by atoms with Crippen LogP contribution in [0.2, 0.25) is 0 Å². The van der Waals surface area contributed by atoms with Crippen LogP contribution in [-0.4, -0.2) is 61.0 Å². The zero-order chi connectivity index (χ0) is 31.6. The minimum absolute atomic E-state index is 0.158. The molecule has 0 radical (unpaired) electrons. The van der Waals surface area contributed by atoms with Gasteiger partial charge in [-0.15, -0.1) is 0 Å². The maximum Gasteiger partial charge on any atom is 0.338 e. The quantitative estimate of drug-likeness (QED) is 0.193. The molecule has 5 atom stereocenters. The van der Waals surface area contributed by atoms with E-state index >= 15 is 0 Å². The summed E-state index contributed by atoms with van der Waals surface area (Å²) in [5.41, 5.74) is 0.750. The van der Waals surface area contributed by atoms with Crippen LogP contribution in [0.15, 0.2) is 121 Å². The van der Waals surface area contributed by atoms with Crippen LogP contribution in [0.3, 0.4) is 0 Å². The molecule has 2 unspecified atom stereocenters. The second-order valence-corrected chi connectivity index (χ2v) is 9.90. The highest BCUT2D eigenvalue weighted by Crippen LogP contribution is 2.31. The van der Waals surface area contributed by atoms with Gasteiger partial charge in [-0.2, -0.15) is 5.26 Å². The van der Waals surface area contributed by atoms with Crippen LogP contribution in [0.1, 0.15) is 41.4 Å². The Balaban J connectivity index is 1.51. The van der Waals surface area contributed by atoms with Crippen LogP contribution in [-0.2, 0) is 23.7 Å². The van der Waals surface area contributed by atoms with E-state index in [0.29, 0.717) is 0 Å². The van der Waals surface area contributed by atoms with E-state index in [9.17, 15) is 24.4 Å². The van der Waals surface area contributed by atoms with Crippen molar-refractivity contribution in [2.75, 3.05) is 6.61 Å². The molecular weight excluding hydrogens is 578 g/mol. The predicted molar refractivity (Wildman–Crippen MR) is 158 cm³/mol. The minimum Gasteiger partial charge on any atom is -0.459 e. The van der Waals surface area contributed by atoms with Gasteiger partial charge in [-0.1, -0.05) is 72.8 Å². The molecule has 0 saturated carbocycles. The first kappa shape index (κ1) is 30.7. The van der Waals surface area contributed by atoms with E-state index in [-0.39, 0.29) is 22.3 Å². The predicted octanol–water partition coefficient (Wildman–Crippen LogP) is 4.81. The molecule has 0 aliphatic carbocycles. The van der Waals surface area contributed by atoms with Gasteiger partial charge in [0.1, 0.15) is 12.7 Å². The summed E-state index contributed by atoms with van der Waals surface area (Å²) in [6.45, 7) is -0.489. The molecule has 45 heavy (non-hydrogen) atoms. The fraction of sp³-hybridized carbons (Fsp3) is 0.171. The molecule has 1 fully saturated rings. The number of hydrogen-bond donors (Lipinski definition) is 0. The molecule has 0 spiro atoms. The highest BCUT2D eigenvalue weighted by atomic mass is 16.7. The van der Waals surface area contributed by atoms with Crippen molar-refractivity contribution in [2.24, 2.45) is 0 Å². The molecule has 0 amide bonds. The lowest BCUT2D eigenvalue weighted by molar-refractivity contribution is -0.215. The van der Waals surface area contributed by atoms with Crippen molar-refractivity contribution in [1.82, 2.24) is 0 Å². The topological polar surface area (TPSA) is 138 Å². The summed E-state index contributed by atoms with van der Waals surface area (Å²) in [5, 5.41) is 10.1. The Bertz CT molecular complexity index is 1660. The van der Waals surface area contributed by atoms with E-state index in [1.807, 2.05) is 6.07 Å². The molecule has 4 aromatic rings. The highest BCUT2D eigenvalue weighted by molar-refractivity contribution is 5.91. The average molecular weight is 606 g/mol. The highest BCUT2D eigenvalue weighted by Gasteiger charge is 2.53. The molecule has 4 aromatic carbocycles. The van der Waals surface area contributed by atoms with Gasteiger partial charge in [-0.3, -0.25) is 0 Å². The van der Waals surface area contributed by atoms with Gasteiger partial charge in [0.2, 0.25) is 0 Å². The zero-order valence-corrected chi connectivity index (χ0v) is 23.8. The Kier molecular flexibility index (Phi) is 9.94. The molecule has 226 valence electrons. The van der Waals surface area contributed by atoms with Gasteiger partial charge in [0.05, 0.1) is 28.3 Å².